The highest BCUT2D eigenvalue weighted by molar-refractivity contribution is 7.99. The molecule has 21 heavy (non-hydrogen) atoms. The molecule has 1 aliphatic heterocycles. The second-order valence-corrected chi connectivity index (χ2v) is 8.67. The predicted octanol–water partition coefficient (Wildman–Crippen LogP) is 2.82. The Morgan fingerprint density at radius 2 is 2.00 bits per heavy atom. The molecule has 1 aromatic heterocycles. The largest absolute Gasteiger partial charge is 0.347 e. The molecular formula is C17H29N3S. The Balaban J connectivity index is 1.76. The molecule has 0 radical (unpaired) electrons. The summed E-state index contributed by atoms with van der Waals surface area (Å²) in [6.07, 6.45) is 2.27. The van der Waals surface area contributed by atoms with E-state index < -0.39 is 0 Å². The lowest BCUT2D eigenvalue weighted by molar-refractivity contribution is 0.263. The summed E-state index contributed by atoms with van der Waals surface area (Å²) in [6.45, 7) is 11.7. The van der Waals surface area contributed by atoms with Crippen molar-refractivity contribution >= 4 is 11.8 Å². The van der Waals surface area contributed by atoms with Crippen molar-refractivity contribution in [3.8, 4) is 0 Å². The van der Waals surface area contributed by atoms with Gasteiger partial charge in [-0.05, 0) is 36.8 Å². The highest BCUT2D eigenvalue weighted by Crippen LogP contribution is 2.40. The van der Waals surface area contributed by atoms with E-state index in [0.29, 0.717) is 5.41 Å². The number of hydrogen-bond donors (Lipinski definition) is 1. The SMILES string of the molecule is Cc1cc2c(n1CCN1CCSCC1)CC(C)(C)CC2N. The van der Waals surface area contributed by atoms with Crippen LogP contribution < -0.4 is 5.73 Å². The van der Waals surface area contributed by atoms with Gasteiger partial charge in [0.15, 0.2) is 0 Å². The first-order valence-electron chi connectivity index (χ1n) is 8.21. The molecule has 1 unspecified atom stereocenters. The van der Waals surface area contributed by atoms with Crippen molar-refractivity contribution in [2.75, 3.05) is 31.1 Å². The van der Waals surface area contributed by atoms with Gasteiger partial charge in [0.25, 0.3) is 0 Å². The Labute approximate surface area is 133 Å². The predicted molar refractivity (Wildman–Crippen MR) is 92.0 cm³/mol. The summed E-state index contributed by atoms with van der Waals surface area (Å²) in [5.74, 6) is 2.58. The molecule has 0 aromatic carbocycles. The molecule has 2 aliphatic rings. The van der Waals surface area contributed by atoms with E-state index in [1.54, 1.807) is 0 Å². The molecule has 2 N–H and O–H groups in total. The molecule has 3 rings (SSSR count). The van der Waals surface area contributed by atoms with E-state index in [2.05, 4.69) is 48.1 Å². The minimum atomic E-state index is 0.218. The Morgan fingerprint density at radius 1 is 1.29 bits per heavy atom. The second-order valence-electron chi connectivity index (χ2n) is 7.45. The minimum Gasteiger partial charge on any atom is -0.347 e. The number of nitrogens with two attached hydrogens (primary N) is 1. The zero-order valence-corrected chi connectivity index (χ0v) is 14.5. The number of thioether (sulfide) groups is 1. The molecule has 1 atom stereocenters. The number of aryl methyl sites for hydroxylation is 1. The molecule has 1 aromatic rings. The van der Waals surface area contributed by atoms with Gasteiger partial charge in [-0.15, -0.1) is 0 Å². The summed E-state index contributed by atoms with van der Waals surface area (Å²) in [4.78, 5) is 2.61. The van der Waals surface area contributed by atoms with Gasteiger partial charge < -0.3 is 10.3 Å². The maximum atomic E-state index is 6.42. The number of aromatic nitrogens is 1. The fraction of sp³-hybridized carbons (Fsp3) is 0.765. The van der Waals surface area contributed by atoms with Gasteiger partial charge in [0, 0.05) is 55.1 Å². The average Bonchev–Trinajstić information content (AvgIpc) is 2.73. The Hall–Kier alpha value is -0.450. The third-order valence-electron chi connectivity index (χ3n) is 5.01. The van der Waals surface area contributed by atoms with Crippen LogP contribution in [-0.4, -0.2) is 40.6 Å². The highest BCUT2D eigenvalue weighted by Gasteiger charge is 2.33. The first-order chi connectivity index (χ1) is 9.96. The summed E-state index contributed by atoms with van der Waals surface area (Å²) >= 11 is 2.08. The topological polar surface area (TPSA) is 34.2 Å². The molecule has 0 saturated carbocycles. The molecule has 1 saturated heterocycles. The molecule has 0 amide bonds. The zero-order valence-electron chi connectivity index (χ0n) is 13.7. The summed E-state index contributed by atoms with van der Waals surface area (Å²) in [5, 5.41) is 0. The van der Waals surface area contributed by atoms with E-state index in [0.717, 1.165) is 13.0 Å². The van der Waals surface area contributed by atoms with Crippen molar-refractivity contribution in [2.24, 2.45) is 11.1 Å². The third kappa shape index (κ3) is 3.33. The van der Waals surface area contributed by atoms with Crippen LogP contribution in [-0.2, 0) is 13.0 Å². The van der Waals surface area contributed by atoms with E-state index in [-0.39, 0.29) is 6.04 Å². The van der Waals surface area contributed by atoms with E-state index >= 15 is 0 Å². The second kappa shape index (κ2) is 5.98. The summed E-state index contributed by atoms with van der Waals surface area (Å²) in [5.41, 5.74) is 11.0. The molecule has 4 heteroatoms. The van der Waals surface area contributed by atoms with Crippen LogP contribution in [0.1, 0.15) is 43.3 Å². The number of fused-ring (bicyclic) bond motifs is 1. The average molecular weight is 308 g/mol. The highest BCUT2D eigenvalue weighted by atomic mass is 32.2. The summed E-state index contributed by atoms with van der Waals surface area (Å²) in [7, 11) is 0. The lowest BCUT2D eigenvalue weighted by Crippen LogP contribution is -2.36. The van der Waals surface area contributed by atoms with Crippen molar-refractivity contribution < 1.29 is 0 Å². The first-order valence-corrected chi connectivity index (χ1v) is 9.36. The monoisotopic (exact) mass is 307 g/mol. The van der Waals surface area contributed by atoms with E-state index in [1.807, 2.05) is 0 Å². The van der Waals surface area contributed by atoms with Crippen LogP contribution in [0.25, 0.3) is 0 Å². The van der Waals surface area contributed by atoms with E-state index in [1.165, 1.54) is 54.5 Å². The van der Waals surface area contributed by atoms with Crippen LogP contribution in [0.5, 0.6) is 0 Å². The summed E-state index contributed by atoms with van der Waals surface area (Å²) in [6, 6.07) is 2.55. The van der Waals surface area contributed by atoms with Crippen molar-refractivity contribution in [1.82, 2.24) is 9.47 Å². The van der Waals surface area contributed by atoms with Crippen LogP contribution in [0.2, 0.25) is 0 Å². The molecule has 0 spiro atoms. The van der Waals surface area contributed by atoms with Gasteiger partial charge in [-0.25, -0.2) is 0 Å². The van der Waals surface area contributed by atoms with Crippen molar-refractivity contribution in [3.63, 3.8) is 0 Å². The van der Waals surface area contributed by atoms with Gasteiger partial charge in [-0.1, -0.05) is 13.8 Å². The normalized spacial score (nSPS) is 25.8. The zero-order chi connectivity index (χ0) is 15.0. The van der Waals surface area contributed by atoms with Crippen molar-refractivity contribution in [1.29, 1.82) is 0 Å². The van der Waals surface area contributed by atoms with Gasteiger partial charge in [0.2, 0.25) is 0 Å². The van der Waals surface area contributed by atoms with Crippen LogP contribution in [0.15, 0.2) is 6.07 Å². The summed E-state index contributed by atoms with van der Waals surface area (Å²) < 4.78 is 2.54. The van der Waals surface area contributed by atoms with Crippen molar-refractivity contribution in [2.45, 2.75) is 46.2 Å². The molecule has 2 heterocycles. The maximum Gasteiger partial charge on any atom is 0.0352 e. The Bertz CT molecular complexity index is 500. The molecule has 0 bridgehead atoms. The molecule has 1 aliphatic carbocycles. The number of hydrogen-bond acceptors (Lipinski definition) is 3. The van der Waals surface area contributed by atoms with E-state index in [4.69, 9.17) is 5.73 Å². The molecule has 1 fully saturated rings. The van der Waals surface area contributed by atoms with Gasteiger partial charge in [-0.2, -0.15) is 11.8 Å². The fourth-order valence-corrected chi connectivity index (χ4v) is 4.86. The van der Waals surface area contributed by atoms with Crippen LogP contribution in [0.3, 0.4) is 0 Å². The number of nitrogens with zero attached hydrogens (tertiary/aromatic N) is 2. The standard InChI is InChI=1S/C17H29N3S/c1-13-10-14-15(18)11-17(2,3)12-16(14)20(13)5-4-19-6-8-21-9-7-19/h10,15H,4-9,11-12,18H2,1-3H3. The van der Waals surface area contributed by atoms with Gasteiger partial charge >= 0.3 is 0 Å². The van der Waals surface area contributed by atoms with E-state index in [9.17, 15) is 0 Å². The van der Waals surface area contributed by atoms with Crippen LogP contribution in [0, 0.1) is 12.3 Å². The third-order valence-corrected chi connectivity index (χ3v) is 5.95. The minimum absolute atomic E-state index is 0.218. The molecule has 3 nitrogen and oxygen atoms in total. The van der Waals surface area contributed by atoms with Crippen LogP contribution >= 0.6 is 11.8 Å². The van der Waals surface area contributed by atoms with Gasteiger partial charge in [0.1, 0.15) is 0 Å². The van der Waals surface area contributed by atoms with Crippen molar-refractivity contribution in [3.05, 3.63) is 23.0 Å². The van der Waals surface area contributed by atoms with Crippen LogP contribution in [0.4, 0.5) is 0 Å². The first kappa shape index (κ1) is 15.4. The van der Waals surface area contributed by atoms with Gasteiger partial charge in [-0.3, -0.25) is 4.90 Å². The van der Waals surface area contributed by atoms with Gasteiger partial charge in [0.05, 0.1) is 0 Å². The number of rotatable bonds is 3. The fourth-order valence-electron chi connectivity index (χ4n) is 3.88. The molecular weight excluding hydrogens is 278 g/mol. The Kier molecular flexibility index (Phi) is 4.40. The lowest BCUT2D eigenvalue weighted by Gasteiger charge is -2.35. The smallest absolute Gasteiger partial charge is 0.0352 e. The maximum absolute atomic E-state index is 6.42. The lowest BCUT2D eigenvalue weighted by atomic mass is 9.74. The molecule has 118 valence electrons. The quantitative estimate of drug-likeness (QED) is 0.932. The Morgan fingerprint density at radius 3 is 2.71 bits per heavy atom.